The van der Waals surface area contributed by atoms with E-state index in [1.807, 2.05) is 0 Å². The van der Waals surface area contributed by atoms with Gasteiger partial charge in [0.2, 0.25) is 0 Å². The van der Waals surface area contributed by atoms with Gasteiger partial charge in [0.25, 0.3) is 0 Å². The molecule has 1 N–H and O–H groups in total. The Hall–Kier alpha value is -0.0800. The van der Waals surface area contributed by atoms with Crippen molar-refractivity contribution in [2.24, 2.45) is 5.92 Å². The highest BCUT2D eigenvalue weighted by Crippen LogP contribution is 2.32. The Morgan fingerprint density at radius 1 is 1.19 bits per heavy atom. The molecule has 1 heterocycles. The summed E-state index contributed by atoms with van der Waals surface area (Å²) in [5.41, 5.74) is 0.396. The first-order valence-corrected chi connectivity index (χ1v) is 6.84. The molecular weight excluding hydrogens is 196 g/mol. The lowest BCUT2D eigenvalue weighted by Gasteiger charge is -2.41. The summed E-state index contributed by atoms with van der Waals surface area (Å²) in [6.45, 7) is 16.3. The molecule has 0 amide bonds. The van der Waals surface area contributed by atoms with Crippen molar-refractivity contribution in [3.05, 3.63) is 0 Å². The Kier molecular flexibility index (Phi) is 4.81. The molecule has 1 aliphatic rings. The molecule has 0 aromatic carbocycles. The summed E-state index contributed by atoms with van der Waals surface area (Å²) in [6.07, 6.45) is 2.70. The maximum absolute atomic E-state index is 3.60. The van der Waals surface area contributed by atoms with Crippen molar-refractivity contribution in [2.75, 3.05) is 13.1 Å². The molecular formula is C14H30N2. The highest BCUT2D eigenvalue weighted by Gasteiger charge is 2.37. The van der Waals surface area contributed by atoms with Gasteiger partial charge >= 0.3 is 0 Å². The molecule has 96 valence electrons. The van der Waals surface area contributed by atoms with E-state index in [2.05, 4.69) is 51.8 Å². The molecule has 0 bridgehead atoms. The zero-order valence-corrected chi connectivity index (χ0v) is 12.0. The fraction of sp³-hybridized carbons (Fsp3) is 1.00. The average Bonchev–Trinajstić information content (AvgIpc) is 2.45. The normalized spacial score (nSPS) is 23.2. The van der Waals surface area contributed by atoms with Gasteiger partial charge in [0.15, 0.2) is 0 Å². The maximum Gasteiger partial charge on any atom is 0.0248 e. The predicted molar refractivity (Wildman–Crippen MR) is 71.8 cm³/mol. The first kappa shape index (κ1) is 14.0. The Morgan fingerprint density at radius 3 is 2.19 bits per heavy atom. The number of likely N-dealkylation sites (tertiary alicyclic amines) is 1. The quantitative estimate of drug-likeness (QED) is 0.775. The second-order valence-electron chi connectivity index (χ2n) is 6.48. The first-order chi connectivity index (χ1) is 7.34. The van der Waals surface area contributed by atoms with Gasteiger partial charge in [0, 0.05) is 24.2 Å². The molecule has 16 heavy (non-hydrogen) atoms. The highest BCUT2D eigenvalue weighted by atomic mass is 15.3. The van der Waals surface area contributed by atoms with E-state index in [-0.39, 0.29) is 0 Å². The highest BCUT2D eigenvalue weighted by molar-refractivity contribution is 4.93. The van der Waals surface area contributed by atoms with Crippen LogP contribution < -0.4 is 5.32 Å². The molecule has 1 aliphatic heterocycles. The van der Waals surface area contributed by atoms with E-state index >= 15 is 0 Å². The molecule has 0 spiro atoms. The van der Waals surface area contributed by atoms with E-state index in [0.717, 1.165) is 12.5 Å². The number of hydrogen-bond acceptors (Lipinski definition) is 2. The first-order valence-electron chi connectivity index (χ1n) is 6.84. The predicted octanol–water partition coefficient (Wildman–Crippen LogP) is 2.88. The Morgan fingerprint density at radius 2 is 1.81 bits per heavy atom. The van der Waals surface area contributed by atoms with Crippen LogP contribution >= 0.6 is 0 Å². The number of rotatable bonds is 5. The maximum atomic E-state index is 3.60. The second-order valence-corrected chi connectivity index (χ2v) is 6.48. The van der Waals surface area contributed by atoms with Crippen molar-refractivity contribution >= 4 is 0 Å². The monoisotopic (exact) mass is 226 g/mol. The third kappa shape index (κ3) is 3.46. The Bertz CT molecular complexity index is 209. The molecule has 1 atom stereocenters. The summed E-state index contributed by atoms with van der Waals surface area (Å²) < 4.78 is 0. The Labute approximate surface area is 102 Å². The van der Waals surface area contributed by atoms with Crippen molar-refractivity contribution in [3.63, 3.8) is 0 Å². The van der Waals surface area contributed by atoms with E-state index in [1.54, 1.807) is 0 Å². The van der Waals surface area contributed by atoms with Crippen LogP contribution in [0, 0.1) is 5.92 Å². The van der Waals surface area contributed by atoms with Crippen molar-refractivity contribution in [1.29, 1.82) is 0 Å². The lowest BCUT2D eigenvalue weighted by Crippen LogP contribution is -2.52. The molecule has 0 aromatic rings. The second kappa shape index (κ2) is 5.50. The summed E-state index contributed by atoms with van der Waals surface area (Å²) in [5.74, 6) is 0.726. The third-order valence-electron chi connectivity index (χ3n) is 3.87. The molecule has 0 radical (unpaired) electrons. The van der Waals surface area contributed by atoms with Gasteiger partial charge in [0.1, 0.15) is 0 Å². The van der Waals surface area contributed by atoms with Crippen LogP contribution in [0.25, 0.3) is 0 Å². The number of hydrogen-bond donors (Lipinski definition) is 1. The molecule has 2 nitrogen and oxygen atoms in total. The van der Waals surface area contributed by atoms with Crippen LogP contribution in [-0.4, -0.2) is 35.6 Å². The summed E-state index contributed by atoms with van der Waals surface area (Å²) >= 11 is 0. The van der Waals surface area contributed by atoms with E-state index in [0.29, 0.717) is 17.6 Å². The lowest BCUT2D eigenvalue weighted by molar-refractivity contribution is 0.0839. The summed E-state index contributed by atoms with van der Waals surface area (Å²) in [4.78, 5) is 2.72. The molecule has 1 fully saturated rings. The summed E-state index contributed by atoms with van der Waals surface area (Å²) in [7, 11) is 0. The summed E-state index contributed by atoms with van der Waals surface area (Å²) in [6, 6.07) is 1.27. The zero-order valence-electron chi connectivity index (χ0n) is 12.0. The van der Waals surface area contributed by atoms with E-state index in [1.165, 1.54) is 19.4 Å². The average molecular weight is 226 g/mol. The standard InChI is InChI=1S/C14H30N2/c1-11(2)13(10-15-12(3)4)16-9-7-8-14(16,5)6/h11-13,15H,7-10H2,1-6H3. The minimum Gasteiger partial charge on any atom is -0.313 e. The molecule has 0 saturated carbocycles. The van der Waals surface area contributed by atoms with Crippen LogP contribution in [-0.2, 0) is 0 Å². The van der Waals surface area contributed by atoms with Crippen LogP contribution in [0.4, 0.5) is 0 Å². The third-order valence-corrected chi connectivity index (χ3v) is 3.87. The van der Waals surface area contributed by atoms with Crippen LogP contribution in [0.2, 0.25) is 0 Å². The fourth-order valence-electron chi connectivity index (χ4n) is 2.81. The van der Waals surface area contributed by atoms with E-state index < -0.39 is 0 Å². The molecule has 0 aliphatic carbocycles. The molecule has 1 unspecified atom stereocenters. The van der Waals surface area contributed by atoms with Crippen LogP contribution in [0.3, 0.4) is 0 Å². The minimum absolute atomic E-state index is 0.396. The fourth-order valence-corrected chi connectivity index (χ4v) is 2.81. The lowest BCUT2D eigenvalue weighted by atomic mass is 9.95. The number of nitrogens with one attached hydrogen (secondary N) is 1. The van der Waals surface area contributed by atoms with Gasteiger partial charge in [0.05, 0.1) is 0 Å². The topological polar surface area (TPSA) is 15.3 Å². The molecule has 1 rings (SSSR count). The molecule has 1 saturated heterocycles. The Balaban J connectivity index is 2.62. The van der Waals surface area contributed by atoms with Crippen molar-refractivity contribution < 1.29 is 0 Å². The number of nitrogens with zero attached hydrogens (tertiary/aromatic N) is 1. The van der Waals surface area contributed by atoms with Gasteiger partial charge in [-0.25, -0.2) is 0 Å². The minimum atomic E-state index is 0.396. The smallest absolute Gasteiger partial charge is 0.0248 e. The van der Waals surface area contributed by atoms with Crippen LogP contribution in [0.15, 0.2) is 0 Å². The van der Waals surface area contributed by atoms with E-state index in [9.17, 15) is 0 Å². The zero-order chi connectivity index (χ0) is 12.3. The largest absolute Gasteiger partial charge is 0.313 e. The van der Waals surface area contributed by atoms with Gasteiger partial charge in [-0.15, -0.1) is 0 Å². The summed E-state index contributed by atoms with van der Waals surface area (Å²) in [5, 5.41) is 3.60. The van der Waals surface area contributed by atoms with Crippen molar-refractivity contribution in [2.45, 2.75) is 72.0 Å². The van der Waals surface area contributed by atoms with Gasteiger partial charge in [-0.3, -0.25) is 4.90 Å². The van der Waals surface area contributed by atoms with E-state index in [4.69, 9.17) is 0 Å². The van der Waals surface area contributed by atoms with Crippen LogP contribution in [0.1, 0.15) is 54.4 Å². The van der Waals surface area contributed by atoms with Gasteiger partial charge < -0.3 is 5.32 Å². The van der Waals surface area contributed by atoms with Crippen LogP contribution in [0.5, 0.6) is 0 Å². The SMILES string of the molecule is CC(C)NCC(C(C)C)N1CCCC1(C)C. The molecule has 2 heteroatoms. The van der Waals surface area contributed by atoms with Gasteiger partial charge in [-0.05, 0) is 39.2 Å². The van der Waals surface area contributed by atoms with Crippen molar-refractivity contribution in [3.8, 4) is 0 Å². The molecule has 0 aromatic heterocycles. The van der Waals surface area contributed by atoms with Gasteiger partial charge in [-0.1, -0.05) is 27.7 Å². The van der Waals surface area contributed by atoms with Crippen molar-refractivity contribution in [1.82, 2.24) is 10.2 Å². The van der Waals surface area contributed by atoms with Gasteiger partial charge in [-0.2, -0.15) is 0 Å².